The number of hydrogen-bond acceptors (Lipinski definition) is 2. The van der Waals surface area contributed by atoms with E-state index in [9.17, 15) is 9.18 Å². The summed E-state index contributed by atoms with van der Waals surface area (Å²) in [6.07, 6.45) is 2.36. The molecule has 1 amide bonds. The summed E-state index contributed by atoms with van der Waals surface area (Å²) in [5.74, 6) is 0.353. The van der Waals surface area contributed by atoms with Crippen LogP contribution < -0.4 is 5.32 Å². The minimum Gasteiger partial charge on any atom is -0.381 e. The van der Waals surface area contributed by atoms with Gasteiger partial charge in [0, 0.05) is 25.3 Å². The number of hydrogen-bond donors (Lipinski definition) is 1. The van der Waals surface area contributed by atoms with Gasteiger partial charge >= 0.3 is 0 Å². The first-order valence-electron chi connectivity index (χ1n) is 6.41. The average molecular weight is 249 g/mol. The minimum absolute atomic E-state index is 0.0330. The Labute approximate surface area is 105 Å². The summed E-state index contributed by atoms with van der Waals surface area (Å²) in [5.41, 5.74) is 1.71. The molecule has 3 rings (SSSR count). The normalized spacial score (nSPS) is 24.5. The van der Waals surface area contributed by atoms with Gasteiger partial charge in [0.2, 0.25) is 5.91 Å². The Balaban J connectivity index is 1.94. The first-order valence-corrected chi connectivity index (χ1v) is 6.41. The van der Waals surface area contributed by atoms with E-state index in [0.717, 1.165) is 37.3 Å². The second-order valence-electron chi connectivity index (χ2n) is 5.04. The van der Waals surface area contributed by atoms with Crippen LogP contribution in [0, 0.1) is 11.7 Å². The zero-order valence-corrected chi connectivity index (χ0v) is 10.1. The summed E-state index contributed by atoms with van der Waals surface area (Å²) in [6.45, 7) is 1.49. The lowest BCUT2D eigenvalue weighted by Gasteiger charge is -2.34. The van der Waals surface area contributed by atoms with Crippen LogP contribution in [0.5, 0.6) is 0 Å². The predicted molar refractivity (Wildman–Crippen MR) is 65.9 cm³/mol. The van der Waals surface area contributed by atoms with Gasteiger partial charge in [-0.15, -0.1) is 0 Å². The first-order chi connectivity index (χ1) is 8.74. The molecular weight excluding hydrogens is 233 g/mol. The lowest BCUT2D eigenvalue weighted by Crippen LogP contribution is -2.30. The van der Waals surface area contributed by atoms with Gasteiger partial charge in [-0.3, -0.25) is 4.79 Å². The zero-order valence-electron chi connectivity index (χ0n) is 10.1. The summed E-state index contributed by atoms with van der Waals surface area (Å²) in [4.78, 5) is 11.7. The van der Waals surface area contributed by atoms with Gasteiger partial charge in [-0.05, 0) is 48.4 Å². The van der Waals surface area contributed by atoms with Gasteiger partial charge in [0.25, 0.3) is 0 Å². The average Bonchev–Trinajstić information content (AvgIpc) is 2.39. The summed E-state index contributed by atoms with van der Waals surface area (Å²) in [5, 5.41) is 2.82. The molecular formula is C14H16FNO2. The lowest BCUT2D eigenvalue weighted by atomic mass is 9.77. The van der Waals surface area contributed by atoms with Crippen molar-refractivity contribution in [2.75, 3.05) is 18.5 Å². The standard InChI is InChI=1S/C14H16FNO2/c15-10-1-2-13-12(7-10)11(8-14(17)16-13)9-3-5-18-6-4-9/h1-2,7,9,11H,3-6,8H2,(H,16,17). The van der Waals surface area contributed by atoms with Crippen LogP contribution in [0.2, 0.25) is 0 Å². The van der Waals surface area contributed by atoms with E-state index in [4.69, 9.17) is 4.74 Å². The zero-order chi connectivity index (χ0) is 12.5. The fourth-order valence-corrected chi connectivity index (χ4v) is 3.00. The maximum Gasteiger partial charge on any atom is 0.225 e. The Hall–Kier alpha value is -1.42. The van der Waals surface area contributed by atoms with E-state index in [1.807, 2.05) is 0 Å². The molecule has 18 heavy (non-hydrogen) atoms. The molecule has 2 heterocycles. The highest BCUT2D eigenvalue weighted by Crippen LogP contribution is 2.41. The smallest absolute Gasteiger partial charge is 0.225 e. The van der Waals surface area contributed by atoms with Crippen molar-refractivity contribution in [1.29, 1.82) is 0 Å². The third kappa shape index (κ3) is 2.12. The van der Waals surface area contributed by atoms with Gasteiger partial charge in [0.1, 0.15) is 5.82 Å². The first kappa shape index (κ1) is 11.7. The molecule has 1 fully saturated rings. The third-order valence-corrected chi connectivity index (χ3v) is 3.93. The number of nitrogens with one attached hydrogen (secondary N) is 1. The van der Waals surface area contributed by atoms with Crippen molar-refractivity contribution >= 4 is 11.6 Å². The van der Waals surface area contributed by atoms with E-state index >= 15 is 0 Å². The molecule has 1 N–H and O–H groups in total. The molecule has 2 aliphatic heterocycles. The largest absolute Gasteiger partial charge is 0.381 e. The maximum absolute atomic E-state index is 13.4. The molecule has 0 saturated carbocycles. The fourth-order valence-electron chi connectivity index (χ4n) is 3.00. The van der Waals surface area contributed by atoms with Crippen LogP contribution in [0.25, 0.3) is 0 Å². The monoisotopic (exact) mass is 249 g/mol. The van der Waals surface area contributed by atoms with Gasteiger partial charge in [0.05, 0.1) is 0 Å². The number of rotatable bonds is 1. The SMILES string of the molecule is O=C1CC(C2CCOCC2)c2cc(F)ccc2N1. The van der Waals surface area contributed by atoms with Crippen LogP contribution in [-0.2, 0) is 9.53 Å². The molecule has 0 radical (unpaired) electrons. The summed E-state index contributed by atoms with van der Waals surface area (Å²) >= 11 is 0. The molecule has 3 nitrogen and oxygen atoms in total. The van der Waals surface area contributed by atoms with E-state index in [1.165, 1.54) is 6.07 Å². The van der Waals surface area contributed by atoms with Crippen molar-refractivity contribution in [2.45, 2.75) is 25.2 Å². The van der Waals surface area contributed by atoms with Crippen LogP contribution in [-0.4, -0.2) is 19.1 Å². The highest BCUT2D eigenvalue weighted by Gasteiger charge is 2.32. The number of amides is 1. The van der Waals surface area contributed by atoms with Crippen molar-refractivity contribution in [2.24, 2.45) is 5.92 Å². The molecule has 0 bridgehead atoms. The van der Waals surface area contributed by atoms with Gasteiger partial charge < -0.3 is 10.1 Å². The van der Waals surface area contributed by atoms with E-state index in [-0.39, 0.29) is 17.6 Å². The second-order valence-corrected chi connectivity index (χ2v) is 5.04. The Bertz CT molecular complexity index is 469. The molecule has 0 aromatic heterocycles. The van der Waals surface area contributed by atoms with E-state index in [0.29, 0.717) is 12.3 Å². The quantitative estimate of drug-likeness (QED) is 0.831. The predicted octanol–water partition coefficient (Wildman–Crippen LogP) is 2.68. The van der Waals surface area contributed by atoms with Crippen molar-refractivity contribution in [3.8, 4) is 0 Å². The molecule has 1 aromatic rings. The Morgan fingerprint density at radius 3 is 2.83 bits per heavy atom. The highest BCUT2D eigenvalue weighted by atomic mass is 19.1. The van der Waals surface area contributed by atoms with Gasteiger partial charge in [-0.2, -0.15) is 0 Å². The molecule has 1 atom stereocenters. The van der Waals surface area contributed by atoms with E-state index in [2.05, 4.69) is 5.32 Å². The van der Waals surface area contributed by atoms with Crippen LogP contribution in [0.4, 0.5) is 10.1 Å². The number of fused-ring (bicyclic) bond motifs is 1. The maximum atomic E-state index is 13.4. The van der Waals surface area contributed by atoms with Crippen LogP contribution in [0.3, 0.4) is 0 Å². The number of ether oxygens (including phenoxy) is 1. The van der Waals surface area contributed by atoms with Crippen LogP contribution in [0.15, 0.2) is 18.2 Å². The van der Waals surface area contributed by atoms with Gasteiger partial charge in [-0.1, -0.05) is 0 Å². The van der Waals surface area contributed by atoms with Crippen molar-refractivity contribution < 1.29 is 13.9 Å². The number of carbonyl (C=O) groups is 1. The number of carbonyl (C=O) groups excluding carboxylic acids is 1. The van der Waals surface area contributed by atoms with Crippen molar-refractivity contribution in [3.63, 3.8) is 0 Å². The topological polar surface area (TPSA) is 38.3 Å². The molecule has 2 aliphatic rings. The van der Waals surface area contributed by atoms with Gasteiger partial charge in [0.15, 0.2) is 0 Å². The molecule has 4 heteroatoms. The van der Waals surface area contributed by atoms with Gasteiger partial charge in [-0.25, -0.2) is 4.39 Å². The summed E-state index contributed by atoms with van der Waals surface area (Å²) in [6, 6.07) is 4.62. The highest BCUT2D eigenvalue weighted by molar-refractivity contribution is 5.94. The molecule has 96 valence electrons. The van der Waals surface area contributed by atoms with Crippen LogP contribution >= 0.6 is 0 Å². The molecule has 0 aliphatic carbocycles. The fraction of sp³-hybridized carbons (Fsp3) is 0.500. The molecule has 1 unspecified atom stereocenters. The van der Waals surface area contributed by atoms with Crippen molar-refractivity contribution in [3.05, 3.63) is 29.6 Å². The molecule has 0 spiro atoms. The summed E-state index contributed by atoms with van der Waals surface area (Å²) < 4.78 is 18.7. The lowest BCUT2D eigenvalue weighted by molar-refractivity contribution is -0.117. The number of halogens is 1. The second kappa shape index (κ2) is 4.69. The Morgan fingerprint density at radius 2 is 2.06 bits per heavy atom. The van der Waals surface area contributed by atoms with E-state index < -0.39 is 0 Å². The summed E-state index contributed by atoms with van der Waals surface area (Å²) in [7, 11) is 0. The third-order valence-electron chi connectivity index (χ3n) is 3.93. The Morgan fingerprint density at radius 1 is 1.28 bits per heavy atom. The minimum atomic E-state index is -0.234. The van der Waals surface area contributed by atoms with E-state index in [1.54, 1.807) is 12.1 Å². The molecule has 1 saturated heterocycles. The van der Waals surface area contributed by atoms with Crippen LogP contribution in [0.1, 0.15) is 30.7 Å². The number of anilines is 1. The Kier molecular flexibility index (Phi) is 3.04. The van der Waals surface area contributed by atoms with Crippen molar-refractivity contribution in [1.82, 2.24) is 0 Å². The molecule has 1 aromatic carbocycles. The number of benzene rings is 1.